The number of nitrogens with zero attached hydrogens (tertiary/aromatic N) is 1. The van der Waals surface area contributed by atoms with Gasteiger partial charge in [-0.25, -0.2) is 0 Å². The molecular formula is C3H8INO. The molecule has 0 saturated heterocycles. The molecule has 6 heavy (non-hydrogen) atoms. The first kappa shape index (κ1) is 6.33. The summed E-state index contributed by atoms with van der Waals surface area (Å²) in [5, 5.41) is 2.75. The Labute approximate surface area is 44.7 Å². The quantitative estimate of drug-likeness (QED) is 0.288. The molecule has 0 aliphatic heterocycles. The Morgan fingerprint density at radius 3 is 2.17 bits per heavy atom. The molecule has 3 heteroatoms. The summed E-state index contributed by atoms with van der Waals surface area (Å²) in [7, 11) is 0. The Hall–Kier alpha value is 0.330. The maximum atomic E-state index is 9.40. The second kappa shape index (κ2) is 3.52. The van der Waals surface area contributed by atoms with Gasteiger partial charge < -0.3 is 0 Å². The van der Waals surface area contributed by atoms with Gasteiger partial charge in [-0.3, -0.25) is 0 Å². The van der Waals surface area contributed by atoms with Crippen molar-refractivity contribution in [2.75, 3.05) is 14.4 Å². The van der Waals surface area contributed by atoms with Crippen LogP contribution < -0.4 is 0 Å². The van der Waals surface area contributed by atoms with Crippen LogP contribution in [0.1, 0.15) is 0 Å². The van der Waals surface area contributed by atoms with E-state index in [0.717, 1.165) is 0 Å². The molecule has 0 radical (unpaired) electrons. The van der Waals surface area contributed by atoms with Gasteiger partial charge in [0.1, 0.15) is 0 Å². The van der Waals surface area contributed by atoms with Crippen LogP contribution >= 0.6 is 19.8 Å². The molecule has 0 aliphatic carbocycles. The van der Waals surface area contributed by atoms with Crippen LogP contribution in [0.2, 0.25) is 0 Å². The van der Waals surface area contributed by atoms with E-state index < -0.39 is 19.8 Å². The third-order valence-corrected chi connectivity index (χ3v) is 1.93. The summed E-state index contributed by atoms with van der Waals surface area (Å²) in [6.07, 6.45) is 0. The Morgan fingerprint density at radius 2 is 2.17 bits per heavy atom. The van der Waals surface area contributed by atoms with Crippen molar-refractivity contribution >= 4 is 19.8 Å². The third kappa shape index (κ3) is 4.33. The molecule has 0 N–H and O–H groups in total. The fraction of sp³-hybridized carbons (Fsp3) is 1.00. The molecule has 0 atom stereocenters. The average Bonchev–Trinajstić information content (AvgIpc) is 1.35. The van der Waals surface area contributed by atoms with Crippen molar-refractivity contribution in [2.24, 2.45) is 5.18 Å². The van der Waals surface area contributed by atoms with E-state index >= 15 is 0 Å². The average molecular weight is 201 g/mol. The second-order valence-electron chi connectivity index (χ2n) is 1.16. The molecule has 0 unspecified atom stereocenters. The van der Waals surface area contributed by atoms with Crippen molar-refractivity contribution in [2.45, 2.75) is 0 Å². The monoisotopic (exact) mass is 201 g/mol. The summed E-state index contributed by atoms with van der Waals surface area (Å²) in [5.41, 5.74) is 0. The predicted molar refractivity (Wildman–Crippen MR) is 36.5 cm³/mol. The molecule has 0 aromatic heterocycles. The molecule has 0 spiro atoms. The molecule has 0 aromatic carbocycles. The number of alkyl halides is 3. The first-order chi connectivity index (χ1) is 2.77. The van der Waals surface area contributed by atoms with Crippen molar-refractivity contribution in [3.05, 3.63) is 4.91 Å². The van der Waals surface area contributed by atoms with Crippen molar-refractivity contribution in [3.63, 3.8) is 0 Å². The third-order valence-electron chi connectivity index (χ3n) is 0.288. The van der Waals surface area contributed by atoms with E-state index in [0.29, 0.717) is 4.55 Å². The van der Waals surface area contributed by atoms with Crippen LogP contribution in [-0.4, -0.2) is 14.4 Å². The molecule has 0 amide bonds. The van der Waals surface area contributed by atoms with E-state index in [2.05, 4.69) is 15.0 Å². The van der Waals surface area contributed by atoms with Crippen molar-refractivity contribution in [1.29, 1.82) is 0 Å². The zero-order valence-corrected chi connectivity index (χ0v) is 6.10. The van der Waals surface area contributed by atoms with Crippen LogP contribution in [0.3, 0.4) is 0 Å². The summed E-state index contributed by atoms with van der Waals surface area (Å²) < 4.78 is 0.601. The molecule has 2 nitrogen and oxygen atoms in total. The predicted octanol–water partition coefficient (Wildman–Crippen LogP) is 1.48. The Kier molecular flexibility index (Phi) is 3.71. The number of rotatable bonds is 2. The first-order valence-electron chi connectivity index (χ1n) is 1.52. The minimum atomic E-state index is -0.786. The van der Waals surface area contributed by atoms with E-state index in [1.807, 2.05) is 0 Å². The van der Waals surface area contributed by atoms with Gasteiger partial charge in [-0.15, -0.1) is 0 Å². The van der Waals surface area contributed by atoms with Gasteiger partial charge in [0, 0.05) is 0 Å². The molecule has 0 aliphatic rings. The van der Waals surface area contributed by atoms with Gasteiger partial charge >= 0.3 is 44.3 Å². The van der Waals surface area contributed by atoms with Gasteiger partial charge in [-0.2, -0.15) is 0 Å². The molecule has 0 fully saturated rings. The molecule has 0 heterocycles. The van der Waals surface area contributed by atoms with E-state index in [1.54, 1.807) is 0 Å². The van der Waals surface area contributed by atoms with Crippen LogP contribution in [0.4, 0.5) is 0 Å². The Bertz CT molecular complexity index is 46.1. The van der Waals surface area contributed by atoms with E-state index in [1.165, 1.54) is 0 Å². The zero-order valence-electron chi connectivity index (χ0n) is 3.94. The van der Waals surface area contributed by atoms with Crippen LogP contribution in [-0.2, 0) is 0 Å². The molecule has 0 aromatic rings. The van der Waals surface area contributed by atoms with Crippen LogP contribution in [0.5, 0.6) is 0 Å². The molecular weight excluding hydrogens is 193 g/mol. The zero-order chi connectivity index (χ0) is 4.99. The van der Waals surface area contributed by atoms with E-state index in [-0.39, 0.29) is 0 Å². The van der Waals surface area contributed by atoms with Crippen LogP contribution in [0.15, 0.2) is 5.18 Å². The molecule has 38 valence electrons. The molecule has 0 rings (SSSR count). The van der Waals surface area contributed by atoms with Gasteiger partial charge in [0.25, 0.3) is 0 Å². The Balaban J connectivity index is 2.81. The van der Waals surface area contributed by atoms with Gasteiger partial charge in [0.2, 0.25) is 0 Å². The van der Waals surface area contributed by atoms with Crippen molar-refractivity contribution in [1.82, 2.24) is 0 Å². The normalized spacial score (nSPS) is 10.7. The second-order valence-corrected chi connectivity index (χ2v) is 7.05. The van der Waals surface area contributed by atoms with E-state index in [9.17, 15) is 4.91 Å². The van der Waals surface area contributed by atoms with E-state index in [4.69, 9.17) is 0 Å². The topological polar surface area (TPSA) is 29.4 Å². The number of halogens is 1. The molecule has 0 bridgehead atoms. The first-order valence-corrected chi connectivity index (χ1v) is 7.36. The van der Waals surface area contributed by atoms with Gasteiger partial charge in [0.05, 0.1) is 0 Å². The summed E-state index contributed by atoms with van der Waals surface area (Å²) in [4.78, 5) is 13.6. The van der Waals surface area contributed by atoms with Crippen molar-refractivity contribution in [3.8, 4) is 0 Å². The van der Waals surface area contributed by atoms with Crippen LogP contribution in [0, 0.1) is 4.91 Å². The van der Waals surface area contributed by atoms with Crippen molar-refractivity contribution < 1.29 is 0 Å². The number of hydrogen-bond donors (Lipinski definition) is 0. The minimum absolute atomic E-state index is 0.601. The summed E-state index contributed by atoms with van der Waals surface area (Å²) >= 11 is -0.786. The van der Waals surface area contributed by atoms with Gasteiger partial charge in [-0.05, 0) is 0 Å². The van der Waals surface area contributed by atoms with Gasteiger partial charge in [0.15, 0.2) is 0 Å². The fourth-order valence-corrected chi connectivity index (χ4v) is 0.655. The summed E-state index contributed by atoms with van der Waals surface area (Å²) in [6, 6.07) is 0. The Morgan fingerprint density at radius 1 is 1.67 bits per heavy atom. The summed E-state index contributed by atoms with van der Waals surface area (Å²) in [6.45, 7) is 0. The van der Waals surface area contributed by atoms with Gasteiger partial charge in [-0.1, -0.05) is 0 Å². The number of nitroso groups, excluding NO2 is 1. The summed E-state index contributed by atoms with van der Waals surface area (Å²) in [5.74, 6) is 0. The number of hydrogen-bond acceptors (Lipinski definition) is 2. The maximum absolute atomic E-state index is 9.40. The molecule has 0 saturated carbocycles. The standard InChI is InChI=1S/C3H8INO/c1-4(2)3-5-6/h3H2,1-2H3. The SMILES string of the molecule is CI(C)CN=O. The van der Waals surface area contributed by atoms with Crippen LogP contribution in [0.25, 0.3) is 0 Å². The fourth-order valence-electron chi connectivity index (χ4n) is 0.0976.